The Morgan fingerprint density at radius 2 is 0.932 bits per heavy atom. The van der Waals surface area contributed by atoms with Crippen LogP contribution < -0.4 is 0 Å². The molecular formula is C32H36N2O8S2. The lowest BCUT2D eigenvalue weighted by Gasteiger charge is -2.09. The van der Waals surface area contributed by atoms with Crippen LogP contribution in [0.2, 0.25) is 0 Å². The van der Waals surface area contributed by atoms with E-state index in [9.17, 15) is 19.2 Å². The first kappa shape index (κ1) is 33.0. The van der Waals surface area contributed by atoms with Crippen LogP contribution in [0.5, 0.6) is 0 Å². The van der Waals surface area contributed by atoms with Gasteiger partial charge in [-0.3, -0.25) is 0 Å². The van der Waals surface area contributed by atoms with E-state index in [1.807, 2.05) is 0 Å². The highest BCUT2D eigenvalue weighted by Crippen LogP contribution is 2.37. The van der Waals surface area contributed by atoms with E-state index in [0.29, 0.717) is 54.8 Å². The van der Waals surface area contributed by atoms with Gasteiger partial charge in [0, 0.05) is 12.4 Å². The summed E-state index contributed by atoms with van der Waals surface area (Å²) in [7, 11) is 0. The molecule has 0 aliphatic carbocycles. The number of fused-ring (bicyclic) bond motifs is 2. The van der Waals surface area contributed by atoms with Crippen molar-refractivity contribution in [1.29, 1.82) is 0 Å². The largest absolute Gasteiger partial charge is 0.462 e. The minimum absolute atomic E-state index is 0.200. The number of ether oxygens (including phenoxy) is 4. The summed E-state index contributed by atoms with van der Waals surface area (Å²) in [5.41, 5.74) is 2.42. The summed E-state index contributed by atoms with van der Waals surface area (Å²) in [6, 6.07) is 10.7. The van der Waals surface area contributed by atoms with E-state index in [2.05, 4.69) is 0 Å². The fourth-order valence-corrected chi connectivity index (χ4v) is 7.19. The molecule has 0 fully saturated rings. The van der Waals surface area contributed by atoms with Crippen LogP contribution in [-0.4, -0.2) is 70.6 Å². The zero-order chi connectivity index (χ0) is 31.6. The molecule has 0 atom stereocenters. The minimum Gasteiger partial charge on any atom is -0.462 e. The Labute approximate surface area is 264 Å². The summed E-state index contributed by atoms with van der Waals surface area (Å²) in [4.78, 5) is 53.1. The molecule has 234 valence electrons. The summed E-state index contributed by atoms with van der Waals surface area (Å²) in [5, 5.41) is 0. The van der Waals surface area contributed by atoms with Crippen molar-refractivity contribution in [2.24, 2.45) is 0 Å². The van der Waals surface area contributed by atoms with Gasteiger partial charge in [-0.25, -0.2) is 19.2 Å². The number of thioether (sulfide) groups is 2. The Morgan fingerprint density at radius 1 is 0.568 bits per heavy atom. The summed E-state index contributed by atoms with van der Waals surface area (Å²) in [6.07, 6.45) is 4.92. The van der Waals surface area contributed by atoms with E-state index < -0.39 is 23.9 Å². The fourth-order valence-electron chi connectivity index (χ4n) is 4.79. The van der Waals surface area contributed by atoms with Crippen LogP contribution >= 0.6 is 23.5 Å². The van der Waals surface area contributed by atoms with Gasteiger partial charge in [-0.15, -0.1) is 23.5 Å². The van der Waals surface area contributed by atoms with E-state index in [1.165, 1.54) is 23.5 Å². The van der Waals surface area contributed by atoms with Crippen molar-refractivity contribution < 1.29 is 38.1 Å². The first-order valence-electron chi connectivity index (χ1n) is 14.6. The van der Waals surface area contributed by atoms with Crippen molar-refractivity contribution in [2.45, 2.75) is 50.3 Å². The highest BCUT2D eigenvalue weighted by Gasteiger charge is 2.30. The SMILES string of the molecule is CCOC(=O)c1c(SCCCCSc2c(C(=O)OCC)c3ccccn3c2C(=O)OCC)c(C(=O)OCC)n2ccccc12. The molecular weight excluding hydrogens is 604 g/mol. The monoisotopic (exact) mass is 640 g/mol. The molecule has 0 bridgehead atoms. The lowest BCUT2D eigenvalue weighted by molar-refractivity contribution is 0.0498. The Hall–Kier alpha value is -3.90. The average molecular weight is 641 g/mol. The van der Waals surface area contributed by atoms with Crippen LogP contribution in [-0.2, 0) is 18.9 Å². The van der Waals surface area contributed by atoms with Crippen molar-refractivity contribution in [2.75, 3.05) is 37.9 Å². The van der Waals surface area contributed by atoms with Gasteiger partial charge >= 0.3 is 23.9 Å². The Kier molecular flexibility index (Phi) is 11.8. The molecule has 0 spiro atoms. The standard InChI is InChI=1S/C32H36N2O8S2/c1-5-39-29(35)23-21-15-9-11-17-33(21)25(31(37)41-7-3)27(23)43-19-13-14-20-44-28-24(30(36)40-6-2)22-16-10-12-18-34(22)26(28)32(38)42-8-4/h9-12,15-18H,5-8,13-14,19-20H2,1-4H3. The second kappa shape index (κ2) is 15.7. The molecule has 0 saturated heterocycles. The number of hydrogen-bond acceptors (Lipinski definition) is 10. The number of hydrogen-bond donors (Lipinski definition) is 0. The zero-order valence-electron chi connectivity index (χ0n) is 25.3. The van der Waals surface area contributed by atoms with Gasteiger partial charge in [0.05, 0.1) is 58.4 Å². The van der Waals surface area contributed by atoms with E-state index in [0.717, 1.165) is 12.8 Å². The molecule has 4 aromatic rings. The Morgan fingerprint density at radius 3 is 1.30 bits per heavy atom. The molecule has 4 aromatic heterocycles. The van der Waals surface area contributed by atoms with Crippen molar-refractivity contribution in [1.82, 2.24) is 8.80 Å². The molecule has 0 amide bonds. The van der Waals surface area contributed by atoms with Crippen LogP contribution in [0.25, 0.3) is 11.0 Å². The number of pyridine rings is 2. The van der Waals surface area contributed by atoms with E-state index in [1.54, 1.807) is 85.3 Å². The molecule has 4 rings (SSSR count). The number of carbonyl (C=O) groups excluding carboxylic acids is 4. The summed E-state index contributed by atoms with van der Waals surface area (Å²) in [6.45, 7) is 7.75. The van der Waals surface area contributed by atoms with Crippen LogP contribution in [0.4, 0.5) is 0 Å². The highest BCUT2D eigenvalue weighted by atomic mass is 32.2. The first-order valence-corrected chi connectivity index (χ1v) is 16.6. The van der Waals surface area contributed by atoms with Gasteiger partial charge in [0.1, 0.15) is 11.4 Å². The predicted molar refractivity (Wildman–Crippen MR) is 169 cm³/mol. The number of aromatic nitrogens is 2. The highest BCUT2D eigenvalue weighted by molar-refractivity contribution is 7.99. The van der Waals surface area contributed by atoms with Crippen molar-refractivity contribution in [3.8, 4) is 0 Å². The molecule has 4 heterocycles. The Balaban J connectivity index is 1.55. The number of esters is 4. The molecule has 0 aromatic carbocycles. The van der Waals surface area contributed by atoms with Crippen molar-refractivity contribution in [3.05, 3.63) is 71.3 Å². The fraction of sp³-hybridized carbons (Fsp3) is 0.375. The third kappa shape index (κ3) is 6.91. The van der Waals surface area contributed by atoms with Gasteiger partial charge in [-0.2, -0.15) is 0 Å². The molecule has 0 saturated carbocycles. The lowest BCUT2D eigenvalue weighted by Crippen LogP contribution is -2.10. The third-order valence-corrected chi connectivity index (χ3v) is 8.88. The lowest BCUT2D eigenvalue weighted by atomic mass is 10.2. The third-order valence-electron chi connectivity index (χ3n) is 6.53. The second-order valence-corrected chi connectivity index (χ2v) is 11.5. The van der Waals surface area contributed by atoms with Crippen molar-refractivity contribution in [3.63, 3.8) is 0 Å². The summed E-state index contributed by atoms with van der Waals surface area (Å²) in [5.74, 6) is -0.818. The van der Waals surface area contributed by atoms with Gasteiger partial charge in [0.25, 0.3) is 0 Å². The maximum Gasteiger partial charge on any atom is 0.356 e. The van der Waals surface area contributed by atoms with E-state index in [4.69, 9.17) is 18.9 Å². The van der Waals surface area contributed by atoms with Crippen LogP contribution in [0.1, 0.15) is 82.2 Å². The summed E-state index contributed by atoms with van der Waals surface area (Å²) < 4.78 is 24.7. The molecule has 0 N–H and O–H groups in total. The molecule has 0 aliphatic heterocycles. The molecule has 44 heavy (non-hydrogen) atoms. The second-order valence-electron chi connectivity index (χ2n) is 9.30. The predicted octanol–water partition coefficient (Wildman–Crippen LogP) is 6.56. The maximum atomic E-state index is 13.0. The summed E-state index contributed by atoms with van der Waals surface area (Å²) >= 11 is 2.81. The number of carbonyl (C=O) groups is 4. The van der Waals surface area contributed by atoms with Crippen LogP contribution in [0, 0.1) is 0 Å². The molecule has 10 nitrogen and oxygen atoms in total. The number of rotatable bonds is 15. The molecule has 0 aliphatic rings. The van der Waals surface area contributed by atoms with Gasteiger partial charge in [-0.1, -0.05) is 12.1 Å². The Bertz CT molecular complexity index is 1430. The van der Waals surface area contributed by atoms with Crippen LogP contribution in [0.15, 0.2) is 58.6 Å². The molecule has 12 heteroatoms. The first-order chi connectivity index (χ1) is 21.4. The topological polar surface area (TPSA) is 114 Å². The van der Waals surface area contributed by atoms with E-state index >= 15 is 0 Å². The quantitative estimate of drug-likeness (QED) is 0.0612. The van der Waals surface area contributed by atoms with Gasteiger partial charge in [-0.05, 0) is 76.3 Å². The number of nitrogens with zero attached hydrogens (tertiary/aromatic N) is 2. The zero-order valence-corrected chi connectivity index (χ0v) is 26.9. The normalized spacial score (nSPS) is 11.1. The average Bonchev–Trinajstić information content (AvgIpc) is 3.52. The van der Waals surface area contributed by atoms with Gasteiger partial charge < -0.3 is 27.7 Å². The van der Waals surface area contributed by atoms with Gasteiger partial charge in [0.2, 0.25) is 0 Å². The van der Waals surface area contributed by atoms with Gasteiger partial charge in [0.15, 0.2) is 0 Å². The molecule has 0 radical (unpaired) electrons. The molecule has 0 unspecified atom stereocenters. The maximum absolute atomic E-state index is 13.0. The number of unbranched alkanes of at least 4 members (excludes halogenated alkanes) is 1. The van der Waals surface area contributed by atoms with Crippen molar-refractivity contribution >= 4 is 58.4 Å². The van der Waals surface area contributed by atoms with E-state index in [-0.39, 0.29) is 26.4 Å². The minimum atomic E-state index is -0.513. The smallest absolute Gasteiger partial charge is 0.356 e. The van der Waals surface area contributed by atoms with Crippen LogP contribution in [0.3, 0.4) is 0 Å².